The Morgan fingerprint density at radius 1 is 1.39 bits per heavy atom. The summed E-state index contributed by atoms with van der Waals surface area (Å²) in [6.45, 7) is 6.01. The maximum Gasteiger partial charge on any atom is 0.307 e. The molecule has 0 spiro atoms. The van der Waals surface area contributed by atoms with Crippen LogP contribution < -0.4 is 0 Å². The number of hydrogen-bond donors (Lipinski definition) is 1. The van der Waals surface area contributed by atoms with Gasteiger partial charge < -0.3 is 5.11 Å². The van der Waals surface area contributed by atoms with Crippen molar-refractivity contribution in [3.05, 3.63) is 0 Å². The summed E-state index contributed by atoms with van der Waals surface area (Å²) >= 11 is 0. The minimum absolute atomic E-state index is 0.0740. The molecular formula is C12H23NO4S. The molecule has 0 aromatic heterocycles. The molecule has 1 N–H and O–H groups in total. The zero-order valence-electron chi connectivity index (χ0n) is 11.3. The molecule has 3 unspecified atom stereocenters. The summed E-state index contributed by atoms with van der Waals surface area (Å²) in [6.07, 6.45) is 2.35. The van der Waals surface area contributed by atoms with Gasteiger partial charge in [-0.15, -0.1) is 0 Å². The van der Waals surface area contributed by atoms with Gasteiger partial charge in [-0.3, -0.25) is 4.79 Å². The molecular weight excluding hydrogens is 254 g/mol. The van der Waals surface area contributed by atoms with E-state index in [-0.39, 0.29) is 6.04 Å². The Bertz CT molecular complexity index is 393. The fourth-order valence-electron chi connectivity index (χ4n) is 2.69. The molecule has 106 valence electrons. The second-order valence-electron chi connectivity index (χ2n) is 4.92. The van der Waals surface area contributed by atoms with E-state index in [9.17, 15) is 13.2 Å². The summed E-state index contributed by atoms with van der Waals surface area (Å²) < 4.78 is 26.5. The number of nitrogens with zero attached hydrogens (tertiary/aromatic N) is 1. The topological polar surface area (TPSA) is 74.7 Å². The maximum atomic E-state index is 12.5. The van der Waals surface area contributed by atoms with Gasteiger partial charge in [-0.2, -0.15) is 4.31 Å². The van der Waals surface area contributed by atoms with Crippen LogP contribution in [-0.2, 0) is 14.8 Å². The standard InChI is InChI=1S/C12H23NO4S/c1-4-9(3)13(5-2)18(16,17)11-8-6-7-10(11)12(14)15/h9-11H,4-8H2,1-3H3,(H,14,15). The summed E-state index contributed by atoms with van der Waals surface area (Å²) in [5.74, 6) is -1.73. The van der Waals surface area contributed by atoms with Gasteiger partial charge in [-0.1, -0.05) is 20.3 Å². The molecule has 1 fully saturated rings. The molecule has 0 aliphatic heterocycles. The lowest BCUT2D eigenvalue weighted by Gasteiger charge is -2.30. The predicted octanol–water partition coefficient (Wildman–Crippen LogP) is 1.69. The van der Waals surface area contributed by atoms with Crippen LogP contribution in [0.2, 0.25) is 0 Å². The van der Waals surface area contributed by atoms with Gasteiger partial charge in [-0.25, -0.2) is 8.42 Å². The average Bonchev–Trinajstić information content (AvgIpc) is 2.78. The van der Waals surface area contributed by atoms with E-state index in [1.165, 1.54) is 4.31 Å². The Labute approximate surface area is 109 Å². The van der Waals surface area contributed by atoms with Crippen LogP contribution >= 0.6 is 0 Å². The monoisotopic (exact) mass is 277 g/mol. The highest BCUT2D eigenvalue weighted by molar-refractivity contribution is 7.89. The van der Waals surface area contributed by atoms with E-state index in [1.807, 2.05) is 13.8 Å². The lowest BCUT2D eigenvalue weighted by Crippen LogP contribution is -2.46. The molecule has 1 aliphatic rings. The van der Waals surface area contributed by atoms with E-state index in [0.29, 0.717) is 25.8 Å². The van der Waals surface area contributed by atoms with Crippen molar-refractivity contribution < 1.29 is 18.3 Å². The fourth-order valence-corrected chi connectivity index (χ4v) is 5.18. The molecule has 1 aliphatic carbocycles. The molecule has 18 heavy (non-hydrogen) atoms. The van der Waals surface area contributed by atoms with E-state index in [1.54, 1.807) is 6.92 Å². The molecule has 0 saturated heterocycles. The van der Waals surface area contributed by atoms with E-state index in [4.69, 9.17) is 5.11 Å². The number of rotatable bonds is 6. The maximum absolute atomic E-state index is 12.5. The summed E-state index contributed by atoms with van der Waals surface area (Å²) in [5, 5.41) is 8.37. The fraction of sp³-hybridized carbons (Fsp3) is 0.917. The largest absolute Gasteiger partial charge is 0.481 e. The van der Waals surface area contributed by atoms with Crippen LogP contribution in [0.4, 0.5) is 0 Å². The summed E-state index contributed by atoms with van der Waals surface area (Å²) in [6, 6.07) is -0.0740. The predicted molar refractivity (Wildman–Crippen MR) is 69.8 cm³/mol. The van der Waals surface area contributed by atoms with Crippen LogP contribution in [-0.4, -0.2) is 41.6 Å². The number of hydrogen-bond acceptors (Lipinski definition) is 3. The SMILES string of the molecule is CCC(C)N(CC)S(=O)(=O)C1CCCC1C(=O)O. The first-order valence-electron chi connectivity index (χ1n) is 6.59. The highest BCUT2D eigenvalue weighted by Crippen LogP contribution is 2.33. The van der Waals surface area contributed by atoms with Gasteiger partial charge in [0.25, 0.3) is 0 Å². The van der Waals surface area contributed by atoms with E-state index in [2.05, 4.69) is 0 Å². The van der Waals surface area contributed by atoms with Crippen molar-refractivity contribution in [2.75, 3.05) is 6.54 Å². The van der Waals surface area contributed by atoms with E-state index in [0.717, 1.165) is 6.42 Å². The Balaban J connectivity index is 3.01. The second kappa shape index (κ2) is 6.02. The third-order valence-electron chi connectivity index (χ3n) is 3.87. The number of carboxylic acid groups (broad SMARTS) is 1. The molecule has 0 heterocycles. The summed E-state index contributed by atoms with van der Waals surface area (Å²) in [7, 11) is -3.50. The molecule has 3 atom stereocenters. The van der Waals surface area contributed by atoms with Crippen LogP contribution in [0.1, 0.15) is 46.5 Å². The minimum atomic E-state index is -3.50. The van der Waals surface area contributed by atoms with E-state index >= 15 is 0 Å². The molecule has 0 aromatic rings. The molecule has 0 aromatic carbocycles. The Morgan fingerprint density at radius 2 is 2.00 bits per heavy atom. The van der Waals surface area contributed by atoms with Crippen molar-refractivity contribution in [3.63, 3.8) is 0 Å². The number of carbonyl (C=O) groups is 1. The average molecular weight is 277 g/mol. The molecule has 0 amide bonds. The van der Waals surface area contributed by atoms with Crippen LogP contribution in [0, 0.1) is 5.92 Å². The van der Waals surface area contributed by atoms with Gasteiger partial charge in [0.1, 0.15) is 0 Å². The lowest BCUT2D eigenvalue weighted by atomic mass is 10.1. The van der Waals surface area contributed by atoms with Crippen LogP contribution in [0.5, 0.6) is 0 Å². The quantitative estimate of drug-likeness (QED) is 0.801. The normalized spacial score (nSPS) is 26.4. The van der Waals surface area contributed by atoms with Crippen molar-refractivity contribution >= 4 is 16.0 Å². The molecule has 6 heteroatoms. The summed E-state index contributed by atoms with van der Waals surface area (Å²) in [4.78, 5) is 11.1. The van der Waals surface area contributed by atoms with Gasteiger partial charge in [-0.05, 0) is 26.2 Å². The second-order valence-corrected chi connectivity index (χ2v) is 7.02. The van der Waals surface area contributed by atoms with Crippen LogP contribution in [0.25, 0.3) is 0 Å². The first kappa shape index (κ1) is 15.4. The minimum Gasteiger partial charge on any atom is -0.481 e. The molecule has 1 saturated carbocycles. The van der Waals surface area contributed by atoms with Gasteiger partial charge in [0.2, 0.25) is 10.0 Å². The number of sulfonamides is 1. The van der Waals surface area contributed by atoms with Gasteiger partial charge >= 0.3 is 5.97 Å². The third kappa shape index (κ3) is 2.85. The zero-order chi connectivity index (χ0) is 13.9. The third-order valence-corrected chi connectivity index (χ3v) is 6.47. The number of carboxylic acids is 1. The lowest BCUT2D eigenvalue weighted by molar-refractivity contribution is -0.141. The van der Waals surface area contributed by atoms with Gasteiger partial charge in [0.05, 0.1) is 11.2 Å². The van der Waals surface area contributed by atoms with Crippen molar-refractivity contribution in [2.24, 2.45) is 5.92 Å². The van der Waals surface area contributed by atoms with E-state index < -0.39 is 27.2 Å². The Hall–Kier alpha value is -0.620. The smallest absolute Gasteiger partial charge is 0.307 e. The van der Waals surface area contributed by atoms with Crippen molar-refractivity contribution in [3.8, 4) is 0 Å². The summed E-state index contributed by atoms with van der Waals surface area (Å²) in [5.41, 5.74) is 0. The first-order chi connectivity index (χ1) is 8.36. The van der Waals surface area contributed by atoms with Crippen molar-refractivity contribution in [1.29, 1.82) is 0 Å². The van der Waals surface area contributed by atoms with Crippen molar-refractivity contribution in [1.82, 2.24) is 4.31 Å². The molecule has 0 radical (unpaired) electrons. The Morgan fingerprint density at radius 3 is 2.44 bits per heavy atom. The molecule has 0 bridgehead atoms. The highest BCUT2D eigenvalue weighted by Gasteiger charge is 2.44. The number of aliphatic carboxylic acids is 1. The zero-order valence-corrected chi connectivity index (χ0v) is 12.1. The highest BCUT2D eigenvalue weighted by atomic mass is 32.2. The van der Waals surface area contributed by atoms with Gasteiger partial charge in [0, 0.05) is 12.6 Å². The molecule has 1 rings (SSSR count). The van der Waals surface area contributed by atoms with Crippen molar-refractivity contribution in [2.45, 2.75) is 57.7 Å². The van der Waals surface area contributed by atoms with Crippen LogP contribution in [0.3, 0.4) is 0 Å². The van der Waals surface area contributed by atoms with Gasteiger partial charge in [0.15, 0.2) is 0 Å². The van der Waals surface area contributed by atoms with Crippen LogP contribution in [0.15, 0.2) is 0 Å². The Kier molecular flexibility index (Phi) is 5.16. The molecule has 5 nitrogen and oxygen atoms in total. The first-order valence-corrected chi connectivity index (χ1v) is 8.10.